The normalized spacial score (nSPS) is 14.4. The zero-order valence-electron chi connectivity index (χ0n) is 19.1. The Bertz CT molecular complexity index is 1340. The van der Waals surface area contributed by atoms with Crippen LogP contribution in [0.2, 0.25) is 0 Å². The van der Waals surface area contributed by atoms with E-state index in [0.29, 0.717) is 11.4 Å². The fourth-order valence-corrected chi connectivity index (χ4v) is 4.00. The topological polar surface area (TPSA) is 48.3 Å². The smallest absolute Gasteiger partial charge is 0.299 e. The number of amides is 1. The predicted octanol–water partition coefficient (Wildman–Crippen LogP) is 6.96. The molecule has 1 heterocycles. The number of anilines is 4. The molecule has 0 saturated carbocycles. The lowest BCUT2D eigenvalue weighted by Gasteiger charge is -2.26. The SMILES string of the molecule is CC1=NN(c2ccccc2)C(=O)C1=Nc1ccc(N(c2ccccc2)c2ccccc2)cc1C. The fraction of sp³-hybridized carbons (Fsp3) is 0.0690. The van der Waals surface area contributed by atoms with Crippen molar-refractivity contribution >= 4 is 45.8 Å². The van der Waals surface area contributed by atoms with Crippen molar-refractivity contribution in [1.82, 2.24) is 0 Å². The van der Waals surface area contributed by atoms with Crippen LogP contribution in [-0.2, 0) is 4.79 Å². The van der Waals surface area contributed by atoms with Crippen LogP contribution >= 0.6 is 0 Å². The second kappa shape index (κ2) is 9.16. The van der Waals surface area contributed by atoms with Crippen molar-refractivity contribution in [3.05, 3.63) is 115 Å². The standard InChI is InChI=1S/C29H24N4O/c1-21-20-26(32(23-12-6-3-7-13-23)24-14-8-4-9-15-24)18-19-27(21)30-28-22(2)31-33(29(28)34)25-16-10-5-11-17-25/h3-20H,1-2H3. The van der Waals surface area contributed by atoms with Crippen molar-refractivity contribution in [2.45, 2.75) is 13.8 Å². The molecule has 4 aromatic carbocycles. The molecule has 0 aliphatic carbocycles. The van der Waals surface area contributed by atoms with Crippen molar-refractivity contribution in [2.24, 2.45) is 10.1 Å². The summed E-state index contributed by atoms with van der Waals surface area (Å²) in [6.45, 7) is 3.83. The molecule has 0 unspecified atom stereocenters. The molecule has 0 spiro atoms. The maximum Gasteiger partial charge on any atom is 0.299 e. The van der Waals surface area contributed by atoms with E-state index in [0.717, 1.165) is 34.0 Å². The molecule has 0 fully saturated rings. The van der Waals surface area contributed by atoms with Crippen molar-refractivity contribution in [1.29, 1.82) is 0 Å². The highest BCUT2D eigenvalue weighted by Gasteiger charge is 2.30. The number of nitrogens with zero attached hydrogens (tertiary/aromatic N) is 4. The number of aliphatic imine (C=N–C) groups is 1. The predicted molar refractivity (Wildman–Crippen MR) is 140 cm³/mol. The Labute approximate surface area is 199 Å². The Balaban J connectivity index is 1.50. The minimum Gasteiger partial charge on any atom is -0.310 e. The average Bonchev–Trinajstić information content (AvgIpc) is 3.16. The Kier molecular flexibility index (Phi) is 5.75. The van der Waals surface area contributed by atoms with Crippen molar-refractivity contribution in [3.8, 4) is 0 Å². The average molecular weight is 445 g/mol. The first kappa shape index (κ1) is 21.3. The van der Waals surface area contributed by atoms with Gasteiger partial charge in [0.25, 0.3) is 5.91 Å². The highest BCUT2D eigenvalue weighted by Crippen LogP contribution is 2.36. The highest BCUT2D eigenvalue weighted by atomic mass is 16.2. The number of carbonyl (C=O) groups excluding carboxylic acids is 1. The number of hydrogen-bond donors (Lipinski definition) is 0. The third kappa shape index (κ3) is 4.11. The van der Waals surface area contributed by atoms with E-state index in [4.69, 9.17) is 4.99 Å². The minimum absolute atomic E-state index is 0.220. The molecule has 0 N–H and O–H groups in total. The number of rotatable bonds is 5. The van der Waals surface area contributed by atoms with Gasteiger partial charge in [-0.15, -0.1) is 0 Å². The molecule has 0 aromatic heterocycles. The molecule has 1 aliphatic rings. The van der Waals surface area contributed by atoms with Crippen molar-refractivity contribution in [3.63, 3.8) is 0 Å². The number of hydrogen-bond acceptors (Lipinski definition) is 4. The van der Waals surface area contributed by atoms with E-state index in [-0.39, 0.29) is 5.91 Å². The van der Waals surface area contributed by atoms with Crippen LogP contribution in [0, 0.1) is 6.92 Å². The maximum absolute atomic E-state index is 13.0. The van der Waals surface area contributed by atoms with Gasteiger partial charge in [-0.2, -0.15) is 10.1 Å². The van der Waals surface area contributed by atoms with Gasteiger partial charge in [-0.05, 0) is 74.0 Å². The Hall–Kier alpha value is -4.51. The van der Waals surface area contributed by atoms with E-state index < -0.39 is 0 Å². The molecule has 166 valence electrons. The molecule has 5 nitrogen and oxygen atoms in total. The molecule has 0 bridgehead atoms. The van der Waals surface area contributed by atoms with Gasteiger partial charge in [0.2, 0.25) is 0 Å². The molecular formula is C29H24N4O. The van der Waals surface area contributed by atoms with Crippen LogP contribution in [0.15, 0.2) is 119 Å². The van der Waals surface area contributed by atoms with Crippen LogP contribution in [-0.4, -0.2) is 17.3 Å². The summed E-state index contributed by atoms with van der Waals surface area (Å²) in [5.41, 5.74) is 6.58. The largest absolute Gasteiger partial charge is 0.310 e. The highest BCUT2D eigenvalue weighted by molar-refractivity contribution is 6.71. The summed E-state index contributed by atoms with van der Waals surface area (Å²) in [4.78, 5) is 20.0. The first-order chi connectivity index (χ1) is 16.6. The zero-order valence-corrected chi connectivity index (χ0v) is 19.1. The van der Waals surface area contributed by atoms with Crippen LogP contribution in [0.3, 0.4) is 0 Å². The molecular weight excluding hydrogens is 420 g/mol. The van der Waals surface area contributed by atoms with E-state index in [1.54, 1.807) is 0 Å². The minimum atomic E-state index is -0.220. The first-order valence-electron chi connectivity index (χ1n) is 11.2. The molecule has 5 heteroatoms. The van der Waals surface area contributed by atoms with Crippen LogP contribution in [0.5, 0.6) is 0 Å². The summed E-state index contributed by atoms with van der Waals surface area (Å²) in [6, 6.07) is 36.0. The number of hydrazone groups is 1. The van der Waals surface area contributed by atoms with Gasteiger partial charge in [-0.25, -0.2) is 4.99 Å². The maximum atomic E-state index is 13.0. The van der Waals surface area contributed by atoms with E-state index in [1.165, 1.54) is 5.01 Å². The lowest BCUT2D eigenvalue weighted by atomic mass is 10.1. The molecule has 0 radical (unpaired) electrons. The molecule has 1 aliphatic heterocycles. The van der Waals surface area contributed by atoms with Crippen LogP contribution < -0.4 is 9.91 Å². The van der Waals surface area contributed by atoms with E-state index >= 15 is 0 Å². The van der Waals surface area contributed by atoms with E-state index in [2.05, 4.69) is 40.3 Å². The summed E-state index contributed by atoms with van der Waals surface area (Å²) >= 11 is 0. The van der Waals surface area contributed by atoms with Crippen molar-refractivity contribution in [2.75, 3.05) is 9.91 Å². The molecule has 1 amide bonds. The van der Waals surface area contributed by atoms with Gasteiger partial charge < -0.3 is 4.90 Å². The molecule has 34 heavy (non-hydrogen) atoms. The number of benzene rings is 4. The lowest BCUT2D eigenvalue weighted by molar-refractivity contribution is -0.112. The van der Waals surface area contributed by atoms with Gasteiger partial charge in [0, 0.05) is 17.1 Å². The Morgan fingerprint density at radius 2 is 1.26 bits per heavy atom. The quantitative estimate of drug-likeness (QED) is 0.334. The molecule has 0 saturated heterocycles. The summed E-state index contributed by atoms with van der Waals surface area (Å²) in [7, 11) is 0. The second-order valence-corrected chi connectivity index (χ2v) is 8.08. The second-order valence-electron chi connectivity index (χ2n) is 8.08. The van der Waals surface area contributed by atoms with Crippen LogP contribution in [0.25, 0.3) is 0 Å². The fourth-order valence-electron chi connectivity index (χ4n) is 4.00. The van der Waals surface area contributed by atoms with Crippen LogP contribution in [0.4, 0.5) is 28.4 Å². The Morgan fingerprint density at radius 1 is 0.706 bits per heavy atom. The summed E-state index contributed by atoms with van der Waals surface area (Å²) in [5, 5.41) is 5.84. The summed E-state index contributed by atoms with van der Waals surface area (Å²) in [6.07, 6.45) is 0. The summed E-state index contributed by atoms with van der Waals surface area (Å²) < 4.78 is 0. The van der Waals surface area contributed by atoms with E-state index in [9.17, 15) is 4.79 Å². The molecule has 5 rings (SSSR count). The van der Waals surface area contributed by atoms with Gasteiger partial charge in [-0.1, -0.05) is 54.6 Å². The number of carbonyl (C=O) groups is 1. The van der Waals surface area contributed by atoms with Crippen LogP contribution in [0.1, 0.15) is 12.5 Å². The Morgan fingerprint density at radius 3 is 1.82 bits per heavy atom. The van der Waals surface area contributed by atoms with E-state index in [1.807, 2.05) is 92.7 Å². The third-order valence-corrected chi connectivity index (χ3v) is 5.69. The van der Waals surface area contributed by atoms with Gasteiger partial charge in [-0.3, -0.25) is 4.79 Å². The molecule has 4 aromatic rings. The number of aryl methyl sites for hydroxylation is 1. The number of para-hydroxylation sites is 3. The zero-order chi connectivity index (χ0) is 23.5. The van der Waals surface area contributed by atoms with Gasteiger partial charge in [0.1, 0.15) is 0 Å². The van der Waals surface area contributed by atoms with Gasteiger partial charge >= 0.3 is 0 Å². The van der Waals surface area contributed by atoms with Gasteiger partial charge in [0.05, 0.1) is 17.1 Å². The third-order valence-electron chi connectivity index (χ3n) is 5.69. The molecule has 0 atom stereocenters. The van der Waals surface area contributed by atoms with Gasteiger partial charge in [0.15, 0.2) is 5.71 Å². The lowest BCUT2D eigenvalue weighted by Crippen LogP contribution is -2.27. The van der Waals surface area contributed by atoms with Crippen molar-refractivity contribution < 1.29 is 4.79 Å². The first-order valence-corrected chi connectivity index (χ1v) is 11.2. The summed E-state index contributed by atoms with van der Waals surface area (Å²) in [5.74, 6) is -0.220. The monoisotopic (exact) mass is 444 g/mol.